The molecule has 0 bridgehead atoms. The van der Waals surface area contributed by atoms with Crippen molar-refractivity contribution in [2.75, 3.05) is 0 Å². The third-order valence-electron chi connectivity index (χ3n) is 4.17. The zero-order chi connectivity index (χ0) is 22.1. The average molecular weight is 439 g/mol. The van der Waals surface area contributed by atoms with E-state index in [0.717, 1.165) is 5.56 Å². The van der Waals surface area contributed by atoms with Gasteiger partial charge in [0, 0.05) is 6.08 Å². The molecule has 3 aromatic rings. The standard InChI is InChI=1S/C22H21N3O5S/c26-21(24-25-22(27)15-18-5-2-1-3-6-18)13-10-17-8-11-20(12-9-17)31(28,29)23-16-19-7-4-14-30-19/h1-14,23H,15-16H2,(H,24,26)(H,25,27)/b13-10+. The van der Waals surface area contributed by atoms with Crippen LogP contribution < -0.4 is 15.6 Å². The highest BCUT2D eigenvalue weighted by molar-refractivity contribution is 7.89. The molecular formula is C22H21N3O5S. The second-order valence-electron chi connectivity index (χ2n) is 6.51. The van der Waals surface area contributed by atoms with Gasteiger partial charge in [0.1, 0.15) is 5.76 Å². The first-order valence-electron chi connectivity index (χ1n) is 9.35. The lowest BCUT2D eigenvalue weighted by molar-refractivity contribution is -0.126. The molecule has 0 saturated carbocycles. The first-order valence-corrected chi connectivity index (χ1v) is 10.8. The summed E-state index contributed by atoms with van der Waals surface area (Å²) in [5.74, 6) is -0.354. The second-order valence-corrected chi connectivity index (χ2v) is 8.27. The number of amides is 2. The van der Waals surface area contributed by atoms with Crippen LogP contribution in [-0.2, 0) is 32.6 Å². The molecule has 160 valence electrons. The Kier molecular flexibility index (Phi) is 7.36. The minimum absolute atomic E-state index is 0.0488. The van der Waals surface area contributed by atoms with Crippen molar-refractivity contribution in [3.8, 4) is 0 Å². The molecule has 8 nitrogen and oxygen atoms in total. The highest BCUT2D eigenvalue weighted by Gasteiger charge is 2.14. The van der Waals surface area contributed by atoms with E-state index in [9.17, 15) is 18.0 Å². The van der Waals surface area contributed by atoms with Crippen LogP contribution in [0.15, 0.2) is 88.4 Å². The Morgan fingerprint density at radius 2 is 1.65 bits per heavy atom. The molecule has 3 N–H and O–H groups in total. The summed E-state index contributed by atoms with van der Waals surface area (Å²) >= 11 is 0. The smallest absolute Gasteiger partial charge is 0.262 e. The van der Waals surface area contributed by atoms with Gasteiger partial charge in [0.2, 0.25) is 15.9 Å². The molecule has 0 atom stereocenters. The van der Waals surface area contributed by atoms with E-state index in [4.69, 9.17) is 4.42 Å². The second kappa shape index (κ2) is 10.4. The van der Waals surface area contributed by atoms with Crippen LogP contribution >= 0.6 is 0 Å². The Morgan fingerprint density at radius 1 is 0.903 bits per heavy atom. The average Bonchev–Trinajstić information content (AvgIpc) is 3.30. The van der Waals surface area contributed by atoms with Crippen molar-refractivity contribution in [3.63, 3.8) is 0 Å². The van der Waals surface area contributed by atoms with Crippen molar-refractivity contribution in [2.24, 2.45) is 0 Å². The topological polar surface area (TPSA) is 118 Å². The predicted molar refractivity (Wildman–Crippen MR) is 115 cm³/mol. The van der Waals surface area contributed by atoms with Crippen LogP contribution in [0, 0.1) is 0 Å². The van der Waals surface area contributed by atoms with E-state index in [0.29, 0.717) is 11.3 Å². The van der Waals surface area contributed by atoms with Gasteiger partial charge in [-0.25, -0.2) is 13.1 Å². The van der Waals surface area contributed by atoms with Gasteiger partial charge < -0.3 is 4.42 Å². The maximum absolute atomic E-state index is 12.3. The summed E-state index contributed by atoms with van der Waals surface area (Å²) in [6.45, 7) is 0.0488. The number of rotatable bonds is 8. The fourth-order valence-electron chi connectivity index (χ4n) is 2.59. The van der Waals surface area contributed by atoms with Crippen LogP contribution in [0.2, 0.25) is 0 Å². The number of hydrogen-bond donors (Lipinski definition) is 3. The summed E-state index contributed by atoms with van der Waals surface area (Å²) < 4.78 is 32.2. The molecule has 0 fully saturated rings. The third-order valence-corrected chi connectivity index (χ3v) is 5.58. The highest BCUT2D eigenvalue weighted by Crippen LogP contribution is 2.12. The monoisotopic (exact) mass is 439 g/mol. The Bertz CT molecular complexity index is 1140. The number of furan rings is 1. The molecule has 0 aliphatic rings. The van der Waals surface area contributed by atoms with Gasteiger partial charge in [0.05, 0.1) is 24.1 Å². The molecule has 3 rings (SSSR count). The van der Waals surface area contributed by atoms with Crippen molar-refractivity contribution >= 4 is 27.9 Å². The maximum atomic E-state index is 12.3. The van der Waals surface area contributed by atoms with Crippen LogP contribution in [0.4, 0.5) is 0 Å². The van der Waals surface area contributed by atoms with E-state index >= 15 is 0 Å². The molecule has 1 heterocycles. The number of carbonyl (C=O) groups is 2. The fourth-order valence-corrected chi connectivity index (χ4v) is 3.58. The molecule has 9 heteroatoms. The van der Waals surface area contributed by atoms with E-state index in [-0.39, 0.29) is 23.8 Å². The van der Waals surface area contributed by atoms with Gasteiger partial charge in [-0.15, -0.1) is 0 Å². The number of sulfonamides is 1. The fraction of sp³-hybridized carbons (Fsp3) is 0.0909. The lowest BCUT2D eigenvalue weighted by Gasteiger charge is -2.06. The van der Waals surface area contributed by atoms with Crippen LogP contribution in [0.5, 0.6) is 0 Å². The zero-order valence-electron chi connectivity index (χ0n) is 16.4. The Labute approximate surface area is 180 Å². The van der Waals surface area contributed by atoms with Crippen molar-refractivity contribution in [1.82, 2.24) is 15.6 Å². The molecule has 1 aromatic heterocycles. The molecular weight excluding hydrogens is 418 g/mol. The minimum Gasteiger partial charge on any atom is -0.468 e. The van der Waals surface area contributed by atoms with Crippen LogP contribution in [-0.4, -0.2) is 20.2 Å². The van der Waals surface area contributed by atoms with E-state index in [1.807, 2.05) is 30.3 Å². The molecule has 0 unspecified atom stereocenters. The number of benzene rings is 2. The Balaban J connectivity index is 1.48. The lowest BCUT2D eigenvalue weighted by atomic mass is 10.1. The normalized spacial score (nSPS) is 11.4. The maximum Gasteiger partial charge on any atom is 0.262 e. The molecule has 2 amide bonds. The predicted octanol–water partition coefficient (Wildman–Crippen LogP) is 2.16. The van der Waals surface area contributed by atoms with Crippen LogP contribution in [0.3, 0.4) is 0 Å². The summed E-state index contributed by atoms with van der Waals surface area (Å²) in [4.78, 5) is 23.8. The number of hydrogen-bond acceptors (Lipinski definition) is 5. The number of nitrogens with one attached hydrogen (secondary N) is 3. The van der Waals surface area contributed by atoms with Gasteiger partial charge in [-0.05, 0) is 41.5 Å². The zero-order valence-corrected chi connectivity index (χ0v) is 17.3. The van der Waals surface area contributed by atoms with E-state index in [1.165, 1.54) is 30.5 Å². The highest BCUT2D eigenvalue weighted by atomic mass is 32.2. The van der Waals surface area contributed by atoms with E-state index in [1.54, 1.807) is 24.3 Å². The molecule has 0 saturated heterocycles. The largest absolute Gasteiger partial charge is 0.468 e. The van der Waals surface area contributed by atoms with Crippen LogP contribution in [0.25, 0.3) is 6.08 Å². The van der Waals surface area contributed by atoms with E-state index in [2.05, 4.69) is 15.6 Å². The quantitative estimate of drug-likeness (QED) is 0.367. The summed E-state index contributed by atoms with van der Waals surface area (Å²) in [5.41, 5.74) is 6.09. The summed E-state index contributed by atoms with van der Waals surface area (Å²) in [7, 11) is -3.69. The summed E-state index contributed by atoms with van der Waals surface area (Å²) in [6.07, 6.45) is 4.36. The van der Waals surface area contributed by atoms with Crippen LogP contribution in [0.1, 0.15) is 16.9 Å². The first kappa shape index (κ1) is 22.0. The SMILES string of the molecule is O=C(/C=C/c1ccc(S(=O)(=O)NCc2ccco2)cc1)NNC(=O)Cc1ccccc1. The lowest BCUT2D eigenvalue weighted by Crippen LogP contribution is -2.41. The summed E-state index contributed by atoms with van der Waals surface area (Å²) in [5, 5.41) is 0. The van der Waals surface area contributed by atoms with Crippen molar-refractivity contribution in [2.45, 2.75) is 17.9 Å². The van der Waals surface area contributed by atoms with Gasteiger partial charge >= 0.3 is 0 Å². The summed E-state index contributed by atoms with van der Waals surface area (Å²) in [6, 6.07) is 18.5. The molecule has 0 aliphatic carbocycles. The van der Waals surface area contributed by atoms with Gasteiger partial charge in [-0.2, -0.15) is 0 Å². The molecule has 0 aliphatic heterocycles. The van der Waals surface area contributed by atoms with Gasteiger partial charge in [-0.3, -0.25) is 20.4 Å². The van der Waals surface area contributed by atoms with Crippen molar-refractivity contribution < 1.29 is 22.4 Å². The minimum atomic E-state index is -3.69. The first-order chi connectivity index (χ1) is 14.9. The van der Waals surface area contributed by atoms with Gasteiger partial charge in [0.25, 0.3) is 5.91 Å². The van der Waals surface area contributed by atoms with Gasteiger partial charge in [-0.1, -0.05) is 42.5 Å². The van der Waals surface area contributed by atoms with Gasteiger partial charge in [0.15, 0.2) is 0 Å². The number of carbonyl (C=O) groups excluding carboxylic acids is 2. The molecule has 2 aromatic carbocycles. The molecule has 0 spiro atoms. The Hall–Kier alpha value is -3.69. The van der Waals surface area contributed by atoms with Crippen molar-refractivity contribution in [1.29, 1.82) is 0 Å². The Morgan fingerprint density at radius 3 is 2.32 bits per heavy atom. The van der Waals surface area contributed by atoms with Crippen molar-refractivity contribution in [3.05, 3.63) is 96.0 Å². The number of hydrazine groups is 1. The molecule has 0 radical (unpaired) electrons. The third kappa shape index (κ3) is 6.95. The molecule has 31 heavy (non-hydrogen) atoms. The van der Waals surface area contributed by atoms with E-state index < -0.39 is 15.9 Å².